The van der Waals surface area contributed by atoms with Crippen LogP contribution < -0.4 is 0 Å². The molecular formula is C11H22NOP. The molecule has 14 heavy (non-hydrogen) atoms. The highest BCUT2D eigenvalue weighted by Crippen LogP contribution is 2.32. The van der Waals surface area contributed by atoms with Crippen LogP contribution in [-0.4, -0.2) is 42.9 Å². The van der Waals surface area contributed by atoms with E-state index < -0.39 is 0 Å². The van der Waals surface area contributed by atoms with Crippen LogP contribution in [0.15, 0.2) is 12.2 Å². The van der Waals surface area contributed by atoms with Crippen molar-refractivity contribution in [1.29, 1.82) is 0 Å². The van der Waals surface area contributed by atoms with Crippen LogP contribution in [0.1, 0.15) is 20.8 Å². The molecule has 0 aromatic carbocycles. The highest BCUT2D eigenvalue weighted by atomic mass is 31.1. The lowest BCUT2D eigenvalue weighted by Crippen LogP contribution is -2.37. The van der Waals surface area contributed by atoms with Crippen LogP contribution in [0.5, 0.6) is 0 Å². The summed E-state index contributed by atoms with van der Waals surface area (Å²) in [6.45, 7) is 10.1. The molecule has 0 saturated carbocycles. The summed E-state index contributed by atoms with van der Waals surface area (Å²) in [5.41, 5.74) is 0. The normalized spacial score (nSPS) is 17.9. The maximum absolute atomic E-state index is 11.4. The number of allylic oxidation sites excluding steroid dienone is 1. The van der Waals surface area contributed by atoms with Crippen LogP contribution in [0, 0.1) is 0 Å². The fourth-order valence-electron chi connectivity index (χ4n) is 1.27. The number of hydrogen-bond acceptors (Lipinski definition) is 1. The van der Waals surface area contributed by atoms with Crippen LogP contribution in [-0.2, 0) is 4.79 Å². The molecule has 0 aromatic heterocycles. The summed E-state index contributed by atoms with van der Waals surface area (Å²) in [5.74, 6) is 0.181. The summed E-state index contributed by atoms with van der Waals surface area (Å²) in [4.78, 5) is 13.3. The van der Waals surface area contributed by atoms with Crippen LogP contribution in [0.2, 0.25) is 0 Å². The lowest BCUT2D eigenvalue weighted by atomic mass is 10.4. The van der Waals surface area contributed by atoms with Crippen molar-refractivity contribution < 1.29 is 4.79 Å². The van der Waals surface area contributed by atoms with Gasteiger partial charge >= 0.3 is 0 Å². The summed E-state index contributed by atoms with van der Waals surface area (Å²) in [5, 5.41) is 0. The lowest BCUT2D eigenvalue weighted by Gasteiger charge is -2.29. The van der Waals surface area contributed by atoms with Crippen molar-refractivity contribution in [3.8, 4) is 0 Å². The highest BCUT2D eigenvalue weighted by molar-refractivity contribution is 7.56. The van der Waals surface area contributed by atoms with Gasteiger partial charge in [0.15, 0.2) is 0 Å². The topological polar surface area (TPSA) is 20.3 Å². The van der Waals surface area contributed by atoms with Crippen molar-refractivity contribution >= 4 is 13.8 Å². The van der Waals surface area contributed by atoms with Gasteiger partial charge in [-0.05, 0) is 32.0 Å². The van der Waals surface area contributed by atoms with E-state index in [1.54, 1.807) is 6.08 Å². The Morgan fingerprint density at radius 3 is 2.21 bits per heavy atom. The molecule has 1 amide bonds. The molecule has 0 aromatic rings. The molecule has 2 nitrogen and oxygen atoms in total. The zero-order valence-electron chi connectivity index (χ0n) is 9.79. The molecule has 1 saturated heterocycles. The first-order valence-corrected chi connectivity index (χ1v) is 7.50. The molecule has 1 fully saturated rings. The number of carbonyl (C=O) groups excluding carboxylic acids is 1. The average molecular weight is 215 g/mol. The van der Waals surface area contributed by atoms with E-state index in [1.807, 2.05) is 31.7 Å². The minimum Gasteiger partial charge on any atom is -0.338 e. The zero-order valence-corrected chi connectivity index (χ0v) is 10.7. The zero-order chi connectivity index (χ0) is 11.0. The molecular weight excluding hydrogens is 193 g/mol. The van der Waals surface area contributed by atoms with E-state index in [-0.39, 0.29) is 13.8 Å². The number of carbonyl (C=O) groups is 1. The average Bonchev–Trinajstić information content (AvgIpc) is 2.22. The minimum absolute atomic E-state index is 0.181. The number of amides is 1. The first-order chi connectivity index (χ1) is 6.74. The molecule has 1 aliphatic rings. The van der Waals surface area contributed by atoms with Crippen molar-refractivity contribution in [1.82, 2.24) is 4.90 Å². The molecule has 82 valence electrons. The molecule has 1 heterocycles. The number of hydrogen-bond donors (Lipinski definition) is 0. The van der Waals surface area contributed by atoms with E-state index in [0.29, 0.717) is 0 Å². The van der Waals surface area contributed by atoms with Crippen molar-refractivity contribution in [2.75, 3.05) is 32.1 Å². The summed E-state index contributed by atoms with van der Waals surface area (Å²) >= 11 is 0. The van der Waals surface area contributed by atoms with Gasteiger partial charge in [0.25, 0.3) is 0 Å². The Balaban J connectivity index is 0.000000791. The fourth-order valence-corrected chi connectivity index (χ4v) is 2.66. The summed E-state index contributed by atoms with van der Waals surface area (Å²) in [6.07, 6.45) is 5.91. The third-order valence-corrected chi connectivity index (χ3v) is 4.05. The second-order valence-electron chi connectivity index (χ2n) is 3.13. The van der Waals surface area contributed by atoms with E-state index >= 15 is 0 Å². The Labute approximate surface area is 89.1 Å². The van der Waals surface area contributed by atoms with Gasteiger partial charge in [0.1, 0.15) is 0 Å². The number of rotatable bonds is 1. The van der Waals surface area contributed by atoms with E-state index in [4.69, 9.17) is 0 Å². The Kier molecular flexibility index (Phi) is 7.78. The molecule has 1 rings (SSSR count). The second-order valence-corrected chi connectivity index (χ2v) is 5.74. The molecule has 0 spiro atoms. The maximum atomic E-state index is 11.4. The standard InChI is InChI=1S/C9H16NOP.C2H6/c1-3-4-9(11)10-5-7-12(2)8-6-10;1-2/h3-4H,5-8H2,1-2H3;1-2H3/b4-3+;. The Hall–Kier alpha value is -0.360. The van der Waals surface area contributed by atoms with E-state index in [0.717, 1.165) is 13.1 Å². The quantitative estimate of drug-likeness (QED) is 0.486. The van der Waals surface area contributed by atoms with Gasteiger partial charge < -0.3 is 4.90 Å². The van der Waals surface area contributed by atoms with Crippen molar-refractivity contribution in [2.24, 2.45) is 0 Å². The van der Waals surface area contributed by atoms with Gasteiger partial charge in [0, 0.05) is 13.1 Å². The van der Waals surface area contributed by atoms with Gasteiger partial charge in [-0.3, -0.25) is 4.79 Å². The van der Waals surface area contributed by atoms with Crippen LogP contribution in [0.4, 0.5) is 0 Å². The summed E-state index contributed by atoms with van der Waals surface area (Å²) < 4.78 is 0. The van der Waals surface area contributed by atoms with Gasteiger partial charge in [0.05, 0.1) is 0 Å². The van der Waals surface area contributed by atoms with Crippen molar-refractivity contribution in [3.63, 3.8) is 0 Å². The second kappa shape index (κ2) is 7.99. The molecule has 0 unspecified atom stereocenters. The van der Waals surface area contributed by atoms with Crippen molar-refractivity contribution in [3.05, 3.63) is 12.2 Å². The first kappa shape index (κ1) is 13.6. The smallest absolute Gasteiger partial charge is 0.246 e. The van der Waals surface area contributed by atoms with E-state index in [2.05, 4.69) is 6.66 Å². The Morgan fingerprint density at radius 2 is 1.79 bits per heavy atom. The monoisotopic (exact) mass is 215 g/mol. The van der Waals surface area contributed by atoms with Gasteiger partial charge in [-0.25, -0.2) is 0 Å². The maximum Gasteiger partial charge on any atom is 0.246 e. The van der Waals surface area contributed by atoms with Gasteiger partial charge in [0.2, 0.25) is 5.91 Å². The summed E-state index contributed by atoms with van der Waals surface area (Å²) in [6, 6.07) is 0. The SMILES string of the molecule is C/C=C/C(=O)N1CCP(C)CC1.CC. The van der Waals surface area contributed by atoms with Crippen LogP contribution in [0.25, 0.3) is 0 Å². The third kappa shape index (κ3) is 4.76. The predicted molar refractivity (Wildman–Crippen MR) is 65.3 cm³/mol. The summed E-state index contributed by atoms with van der Waals surface area (Å²) in [7, 11) is 0.230. The molecule has 0 N–H and O–H groups in total. The van der Waals surface area contributed by atoms with Gasteiger partial charge in [-0.1, -0.05) is 19.9 Å². The molecule has 0 bridgehead atoms. The highest BCUT2D eigenvalue weighted by Gasteiger charge is 2.17. The van der Waals surface area contributed by atoms with Crippen LogP contribution >= 0.6 is 7.92 Å². The third-order valence-electron chi connectivity index (χ3n) is 2.12. The van der Waals surface area contributed by atoms with E-state index in [1.165, 1.54) is 12.3 Å². The number of nitrogens with zero attached hydrogens (tertiary/aromatic N) is 1. The molecule has 1 aliphatic heterocycles. The van der Waals surface area contributed by atoms with Crippen LogP contribution in [0.3, 0.4) is 0 Å². The van der Waals surface area contributed by atoms with E-state index in [9.17, 15) is 4.79 Å². The Bertz CT molecular complexity index is 184. The molecule has 3 heteroatoms. The fraction of sp³-hybridized carbons (Fsp3) is 0.727. The van der Waals surface area contributed by atoms with Gasteiger partial charge in [-0.15, -0.1) is 7.92 Å². The first-order valence-electron chi connectivity index (χ1n) is 5.34. The van der Waals surface area contributed by atoms with Crippen molar-refractivity contribution in [2.45, 2.75) is 20.8 Å². The minimum atomic E-state index is 0.181. The lowest BCUT2D eigenvalue weighted by molar-refractivity contribution is -0.125. The Morgan fingerprint density at radius 1 is 1.29 bits per heavy atom. The molecule has 0 radical (unpaired) electrons. The largest absolute Gasteiger partial charge is 0.338 e. The molecule has 0 aliphatic carbocycles. The predicted octanol–water partition coefficient (Wildman–Crippen LogP) is 2.54. The molecule has 0 atom stereocenters. The van der Waals surface area contributed by atoms with Gasteiger partial charge in [-0.2, -0.15) is 0 Å².